The van der Waals surface area contributed by atoms with Gasteiger partial charge in [-0.2, -0.15) is 0 Å². The van der Waals surface area contributed by atoms with Gasteiger partial charge in [-0.05, 0) is 25.7 Å². The van der Waals surface area contributed by atoms with E-state index in [2.05, 4.69) is 6.58 Å². The maximum absolute atomic E-state index is 14.4. The van der Waals surface area contributed by atoms with Crippen LogP contribution in [0, 0.1) is 0 Å². The second-order valence-corrected chi connectivity index (χ2v) is 11.7. The summed E-state index contributed by atoms with van der Waals surface area (Å²) in [6.45, 7) is 4.12. The van der Waals surface area contributed by atoms with Gasteiger partial charge in [0.15, 0.2) is 17.0 Å². The molecule has 5 heteroatoms. The third kappa shape index (κ3) is 4.02. The fourth-order valence-corrected chi connectivity index (χ4v) is 8.35. The molecular weight excluding hydrogens is 375 g/mol. The molecule has 0 N–H and O–H groups in total. The first-order valence-corrected chi connectivity index (χ1v) is 12.8. The van der Waals surface area contributed by atoms with Gasteiger partial charge in [0.25, 0.3) is 0 Å². The molecule has 0 saturated heterocycles. The average Bonchev–Trinajstić information content (AvgIpc) is 2.68. The Bertz CT molecular complexity index is 955. The number of hydrogen-bond donors (Lipinski definition) is 0. The van der Waals surface area contributed by atoms with E-state index in [-0.39, 0.29) is 10.2 Å². The molecule has 27 heavy (non-hydrogen) atoms. The minimum absolute atomic E-state index is 0.207. The van der Waals surface area contributed by atoms with Crippen molar-refractivity contribution >= 4 is 27.6 Å². The van der Waals surface area contributed by atoms with Gasteiger partial charge in [-0.1, -0.05) is 79.2 Å². The van der Waals surface area contributed by atoms with Crippen molar-refractivity contribution in [2.75, 3.05) is 6.26 Å². The lowest BCUT2D eigenvalue weighted by molar-refractivity contribution is 0.584. The Labute approximate surface area is 162 Å². The zero-order valence-corrected chi connectivity index (χ0v) is 17.3. The molecule has 1 fully saturated rings. The van der Waals surface area contributed by atoms with Crippen LogP contribution in [0.25, 0.3) is 0 Å². The normalized spacial score (nSPS) is 15.4. The fraction of sp³-hybridized carbons (Fsp3) is 0.273. The summed E-state index contributed by atoms with van der Waals surface area (Å²) < 4.78 is 39.9. The topological polar surface area (TPSA) is 51.2 Å². The standard InChI is InChI=1S/C22H25O3PS/c1-18(22(27(2,24)25)19-12-6-3-7-13-19)26(23,20-14-8-4-9-15-20)21-16-10-5-11-17-21/h4-5,8-11,14-17H,1,3,6-7,12-13H2,2H3. The van der Waals surface area contributed by atoms with E-state index in [1.807, 2.05) is 36.4 Å². The van der Waals surface area contributed by atoms with Gasteiger partial charge in [-0.3, -0.25) is 0 Å². The van der Waals surface area contributed by atoms with Crippen LogP contribution in [0.4, 0.5) is 0 Å². The lowest BCUT2D eigenvalue weighted by atomic mass is 9.94. The number of allylic oxidation sites excluding steroid dienone is 2. The molecule has 1 saturated carbocycles. The molecule has 142 valence electrons. The van der Waals surface area contributed by atoms with Crippen LogP contribution in [-0.2, 0) is 14.4 Å². The second-order valence-electron chi connectivity index (χ2n) is 6.99. The highest BCUT2D eigenvalue weighted by Crippen LogP contribution is 2.55. The first-order chi connectivity index (χ1) is 12.8. The Morgan fingerprint density at radius 1 is 0.852 bits per heavy atom. The minimum atomic E-state index is -3.56. The molecule has 0 heterocycles. The van der Waals surface area contributed by atoms with Crippen LogP contribution in [0.3, 0.4) is 0 Å². The van der Waals surface area contributed by atoms with Gasteiger partial charge in [0.05, 0.1) is 4.91 Å². The summed E-state index contributed by atoms with van der Waals surface area (Å²) in [5.41, 5.74) is 0.876. The van der Waals surface area contributed by atoms with Gasteiger partial charge in [-0.25, -0.2) is 8.42 Å². The quantitative estimate of drug-likeness (QED) is 0.679. The Morgan fingerprint density at radius 2 is 1.30 bits per heavy atom. The number of rotatable bonds is 5. The maximum atomic E-state index is 14.4. The highest BCUT2D eigenvalue weighted by molar-refractivity contribution is 7.96. The summed E-state index contributed by atoms with van der Waals surface area (Å²) in [7, 11) is -6.92. The molecule has 0 amide bonds. The molecule has 0 spiro atoms. The first kappa shape index (κ1) is 19.9. The lowest BCUT2D eigenvalue weighted by Crippen LogP contribution is -2.21. The van der Waals surface area contributed by atoms with Gasteiger partial charge >= 0.3 is 0 Å². The monoisotopic (exact) mass is 400 g/mol. The summed E-state index contributed by atoms with van der Waals surface area (Å²) in [6.07, 6.45) is 5.68. The van der Waals surface area contributed by atoms with Crippen LogP contribution in [0.5, 0.6) is 0 Å². The summed E-state index contributed by atoms with van der Waals surface area (Å²) in [6, 6.07) is 18.2. The summed E-state index contributed by atoms with van der Waals surface area (Å²) in [5.74, 6) is 0. The molecule has 3 rings (SSSR count). The van der Waals surface area contributed by atoms with E-state index >= 15 is 0 Å². The van der Waals surface area contributed by atoms with Gasteiger partial charge in [0.2, 0.25) is 0 Å². The van der Waals surface area contributed by atoms with Gasteiger partial charge in [0, 0.05) is 22.2 Å². The highest BCUT2D eigenvalue weighted by Gasteiger charge is 2.37. The number of benzene rings is 2. The van der Waals surface area contributed by atoms with Gasteiger partial charge in [0.1, 0.15) is 0 Å². The van der Waals surface area contributed by atoms with Crippen molar-refractivity contribution in [3.8, 4) is 0 Å². The third-order valence-corrected chi connectivity index (χ3v) is 9.49. The fourth-order valence-electron chi connectivity index (χ4n) is 3.77. The maximum Gasteiger partial charge on any atom is 0.176 e. The Morgan fingerprint density at radius 3 is 1.70 bits per heavy atom. The largest absolute Gasteiger partial charge is 0.309 e. The summed E-state index contributed by atoms with van der Waals surface area (Å²) in [5, 5.41) is 1.46. The van der Waals surface area contributed by atoms with E-state index in [0.717, 1.165) is 37.7 Å². The predicted molar refractivity (Wildman–Crippen MR) is 114 cm³/mol. The van der Waals surface area contributed by atoms with Crippen LogP contribution in [0.1, 0.15) is 32.1 Å². The van der Waals surface area contributed by atoms with Crippen molar-refractivity contribution < 1.29 is 13.0 Å². The Hall–Kier alpha value is -1.90. The molecule has 1 aliphatic rings. The molecule has 3 nitrogen and oxygen atoms in total. The van der Waals surface area contributed by atoms with E-state index < -0.39 is 17.0 Å². The molecule has 0 aliphatic heterocycles. The summed E-state index contributed by atoms with van der Waals surface area (Å²) >= 11 is 0. The second kappa shape index (κ2) is 8.00. The molecule has 0 unspecified atom stereocenters. The zero-order valence-electron chi connectivity index (χ0n) is 15.6. The Kier molecular flexibility index (Phi) is 5.88. The van der Waals surface area contributed by atoms with Crippen LogP contribution in [-0.4, -0.2) is 14.7 Å². The van der Waals surface area contributed by atoms with Crippen molar-refractivity contribution in [1.82, 2.24) is 0 Å². The van der Waals surface area contributed by atoms with Gasteiger partial charge < -0.3 is 4.57 Å². The smallest absolute Gasteiger partial charge is 0.176 e. The first-order valence-electron chi connectivity index (χ1n) is 9.18. The predicted octanol–water partition coefficient (Wildman–Crippen LogP) is 4.78. The molecular formula is C22H25O3PS. The van der Waals surface area contributed by atoms with Crippen molar-refractivity contribution in [3.63, 3.8) is 0 Å². The number of sulfone groups is 1. The van der Waals surface area contributed by atoms with Crippen LogP contribution in [0.2, 0.25) is 0 Å². The Balaban J connectivity index is 2.26. The highest BCUT2D eigenvalue weighted by atomic mass is 32.2. The molecule has 2 aromatic carbocycles. The van der Waals surface area contributed by atoms with Crippen LogP contribution in [0.15, 0.2) is 83.0 Å². The van der Waals surface area contributed by atoms with Crippen molar-refractivity contribution in [1.29, 1.82) is 0 Å². The minimum Gasteiger partial charge on any atom is -0.309 e. The average molecular weight is 400 g/mol. The van der Waals surface area contributed by atoms with E-state index in [1.54, 1.807) is 24.3 Å². The van der Waals surface area contributed by atoms with E-state index in [4.69, 9.17) is 0 Å². The van der Waals surface area contributed by atoms with Crippen LogP contribution >= 0.6 is 7.14 Å². The molecule has 0 aromatic heterocycles. The van der Waals surface area contributed by atoms with Gasteiger partial charge in [-0.15, -0.1) is 0 Å². The van der Waals surface area contributed by atoms with E-state index in [9.17, 15) is 13.0 Å². The van der Waals surface area contributed by atoms with Crippen molar-refractivity contribution in [2.24, 2.45) is 0 Å². The van der Waals surface area contributed by atoms with Crippen molar-refractivity contribution in [3.05, 3.63) is 83.0 Å². The molecule has 0 atom stereocenters. The SMILES string of the molecule is C=C(C(=C1CCCCC1)S(C)(=O)=O)P(=O)(c1ccccc1)c1ccccc1. The molecule has 0 radical (unpaired) electrons. The lowest BCUT2D eigenvalue weighted by Gasteiger charge is -2.26. The summed E-state index contributed by atoms with van der Waals surface area (Å²) in [4.78, 5) is 0.207. The van der Waals surface area contributed by atoms with Crippen molar-refractivity contribution in [2.45, 2.75) is 32.1 Å². The zero-order chi connectivity index (χ0) is 19.5. The molecule has 0 bridgehead atoms. The number of hydrogen-bond acceptors (Lipinski definition) is 3. The third-order valence-electron chi connectivity index (χ3n) is 5.03. The molecule has 1 aliphatic carbocycles. The molecule has 2 aromatic rings. The van der Waals surface area contributed by atoms with Crippen LogP contribution < -0.4 is 10.6 Å². The van der Waals surface area contributed by atoms with E-state index in [0.29, 0.717) is 10.6 Å². The van der Waals surface area contributed by atoms with E-state index in [1.165, 1.54) is 6.26 Å².